The van der Waals surface area contributed by atoms with E-state index >= 15 is 0 Å². The molecule has 3 rings (SSSR count). The Kier molecular flexibility index (Phi) is 2.49. The Morgan fingerprint density at radius 1 is 1.11 bits per heavy atom. The summed E-state index contributed by atoms with van der Waals surface area (Å²) in [5.74, 6) is -0.234. The van der Waals surface area contributed by atoms with E-state index in [1.54, 1.807) is 6.07 Å². The molecule has 0 amide bonds. The van der Waals surface area contributed by atoms with Gasteiger partial charge in [-0.05, 0) is 48.6 Å². The normalized spacial score (nSPS) is 21.9. The zero-order valence-corrected chi connectivity index (χ0v) is 10.3. The van der Waals surface area contributed by atoms with Gasteiger partial charge in [-0.2, -0.15) is 0 Å². The molecule has 1 aliphatic carbocycles. The number of rotatable bonds is 1. The second-order valence-corrected chi connectivity index (χ2v) is 5.03. The van der Waals surface area contributed by atoms with E-state index in [1.807, 2.05) is 31.2 Å². The van der Waals surface area contributed by atoms with E-state index in [0.29, 0.717) is 6.42 Å². The summed E-state index contributed by atoms with van der Waals surface area (Å²) in [5.41, 5.74) is 2.85. The number of aryl methyl sites for hydroxylation is 2. The van der Waals surface area contributed by atoms with Crippen molar-refractivity contribution < 1.29 is 9.50 Å². The summed E-state index contributed by atoms with van der Waals surface area (Å²) in [5, 5.41) is 10.9. The monoisotopic (exact) mass is 242 g/mol. The lowest BCUT2D eigenvalue weighted by molar-refractivity contribution is 0.0829. The molecule has 2 aromatic rings. The minimum atomic E-state index is -0.962. The van der Waals surface area contributed by atoms with E-state index in [2.05, 4.69) is 0 Å². The SMILES string of the molecule is Cc1ccc(C2(O)CCc3cc(F)ccc32)cc1. The summed E-state index contributed by atoms with van der Waals surface area (Å²) in [6.07, 6.45) is 1.34. The Morgan fingerprint density at radius 2 is 1.83 bits per heavy atom. The van der Waals surface area contributed by atoms with Gasteiger partial charge in [-0.3, -0.25) is 0 Å². The van der Waals surface area contributed by atoms with Gasteiger partial charge in [0, 0.05) is 0 Å². The topological polar surface area (TPSA) is 20.2 Å². The first kappa shape index (κ1) is 11.4. The third-order valence-corrected chi connectivity index (χ3v) is 3.80. The van der Waals surface area contributed by atoms with Crippen LogP contribution < -0.4 is 0 Å². The molecule has 18 heavy (non-hydrogen) atoms. The van der Waals surface area contributed by atoms with Crippen molar-refractivity contribution in [2.24, 2.45) is 0 Å². The van der Waals surface area contributed by atoms with Crippen molar-refractivity contribution in [1.29, 1.82) is 0 Å². The maximum atomic E-state index is 13.2. The summed E-state index contributed by atoms with van der Waals surface area (Å²) in [4.78, 5) is 0. The van der Waals surface area contributed by atoms with E-state index in [-0.39, 0.29) is 5.82 Å². The maximum absolute atomic E-state index is 13.2. The van der Waals surface area contributed by atoms with Gasteiger partial charge in [0.15, 0.2) is 0 Å². The average molecular weight is 242 g/mol. The highest BCUT2D eigenvalue weighted by Gasteiger charge is 2.38. The van der Waals surface area contributed by atoms with Gasteiger partial charge in [0.05, 0.1) is 0 Å². The van der Waals surface area contributed by atoms with Gasteiger partial charge in [-0.25, -0.2) is 4.39 Å². The molecule has 0 bridgehead atoms. The first-order valence-corrected chi connectivity index (χ1v) is 6.18. The largest absolute Gasteiger partial charge is 0.380 e. The van der Waals surface area contributed by atoms with E-state index in [4.69, 9.17) is 0 Å². The summed E-state index contributed by atoms with van der Waals surface area (Å²) in [7, 11) is 0. The van der Waals surface area contributed by atoms with Crippen LogP contribution in [-0.2, 0) is 12.0 Å². The van der Waals surface area contributed by atoms with Crippen LogP contribution in [0.4, 0.5) is 4.39 Å². The first-order chi connectivity index (χ1) is 8.59. The predicted octanol–water partition coefficient (Wildman–Crippen LogP) is 3.32. The molecule has 2 aromatic carbocycles. The molecule has 1 unspecified atom stereocenters. The van der Waals surface area contributed by atoms with Crippen molar-refractivity contribution in [2.75, 3.05) is 0 Å². The first-order valence-electron chi connectivity index (χ1n) is 6.18. The highest BCUT2D eigenvalue weighted by Crippen LogP contribution is 2.42. The summed E-state index contributed by atoms with van der Waals surface area (Å²) in [6, 6.07) is 12.5. The zero-order valence-electron chi connectivity index (χ0n) is 10.3. The molecule has 0 aliphatic heterocycles. The lowest BCUT2D eigenvalue weighted by Gasteiger charge is -2.24. The van der Waals surface area contributed by atoms with Crippen molar-refractivity contribution in [3.63, 3.8) is 0 Å². The quantitative estimate of drug-likeness (QED) is 0.813. The summed E-state index contributed by atoms with van der Waals surface area (Å²) in [6.45, 7) is 2.02. The van der Waals surface area contributed by atoms with Gasteiger partial charge in [-0.1, -0.05) is 35.9 Å². The molecule has 1 nitrogen and oxygen atoms in total. The molecule has 1 atom stereocenters. The van der Waals surface area contributed by atoms with Crippen LogP contribution in [0.15, 0.2) is 42.5 Å². The van der Waals surface area contributed by atoms with Crippen LogP contribution in [0.5, 0.6) is 0 Å². The minimum absolute atomic E-state index is 0.234. The van der Waals surface area contributed by atoms with Gasteiger partial charge in [0.25, 0.3) is 0 Å². The number of benzene rings is 2. The molecule has 92 valence electrons. The summed E-state index contributed by atoms with van der Waals surface area (Å²) >= 11 is 0. The molecule has 0 fully saturated rings. The van der Waals surface area contributed by atoms with E-state index < -0.39 is 5.60 Å². The zero-order chi connectivity index (χ0) is 12.8. The van der Waals surface area contributed by atoms with Crippen LogP contribution in [0.2, 0.25) is 0 Å². The molecule has 1 N–H and O–H groups in total. The van der Waals surface area contributed by atoms with Gasteiger partial charge < -0.3 is 5.11 Å². The van der Waals surface area contributed by atoms with Crippen molar-refractivity contribution >= 4 is 0 Å². The van der Waals surface area contributed by atoms with E-state index in [0.717, 1.165) is 23.1 Å². The Bertz CT molecular complexity index is 589. The Balaban J connectivity index is 2.11. The van der Waals surface area contributed by atoms with Crippen LogP contribution in [-0.4, -0.2) is 5.11 Å². The van der Waals surface area contributed by atoms with E-state index in [9.17, 15) is 9.50 Å². The van der Waals surface area contributed by atoms with Crippen molar-refractivity contribution in [2.45, 2.75) is 25.4 Å². The molecule has 0 saturated heterocycles. The van der Waals surface area contributed by atoms with Crippen LogP contribution in [0.3, 0.4) is 0 Å². The molecule has 2 heteroatoms. The molecule has 0 spiro atoms. The number of hydrogen-bond acceptors (Lipinski definition) is 1. The smallest absolute Gasteiger partial charge is 0.123 e. The highest BCUT2D eigenvalue weighted by molar-refractivity contribution is 5.45. The standard InChI is InChI=1S/C16H15FO/c1-11-2-4-13(5-3-11)16(18)9-8-12-10-14(17)6-7-15(12)16/h2-7,10,18H,8-9H2,1H3. The fourth-order valence-corrected chi connectivity index (χ4v) is 2.75. The fourth-order valence-electron chi connectivity index (χ4n) is 2.75. The Labute approximate surface area is 106 Å². The lowest BCUT2D eigenvalue weighted by Crippen LogP contribution is -2.23. The highest BCUT2D eigenvalue weighted by atomic mass is 19.1. The average Bonchev–Trinajstić information content (AvgIpc) is 2.68. The summed E-state index contributed by atoms with van der Waals surface area (Å²) < 4.78 is 13.2. The van der Waals surface area contributed by atoms with Crippen molar-refractivity contribution in [1.82, 2.24) is 0 Å². The number of fused-ring (bicyclic) bond motifs is 1. The predicted molar refractivity (Wildman–Crippen MR) is 68.9 cm³/mol. The maximum Gasteiger partial charge on any atom is 0.123 e. The van der Waals surface area contributed by atoms with Crippen molar-refractivity contribution in [3.05, 3.63) is 70.5 Å². The van der Waals surface area contributed by atoms with Gasteiger partial charge in [0.1, 0.15) is 11.4 Å². The molecule has 0 saturated carbocycles. The van der Waals surface area contributed by atoms with Crippen molar-refractivity contribution in [3.8, 4) is 0 Å². The third kappa shape index (κ3) is 1.65. The molecule has 0 aromatic heterocycles. The molecular weight excluding hydrogens is 227 g/mol. The fraction of sp³-hybridized carbons (Fsp3) is 0.250. The van der Waals surface area contributed by atoms with Gasteiger partial charge >= 0.3 is 0 Å². The van der Waals surface area contributed by atoms with Crippen LogP contribution in [0.25, 0.3) is 0 Å². The minimum Gasteiger partial charge on any atom is -0.380 e. The Hall–Kier alpha value is -1.67. The van der Waals surface area contributed by atoms with Crippen LogP contribution in [0, 0.1) is 12.7 Å². The number of aliphatic hydroxyl groups is 1. The van der Waals surface area contributed by atoms with Gasteiger partial charge in [-0.15, -0.1) is 0 Å². The molecule has 0 radical (unpaired) electrons. The third-order valence-electron chi connectivity index (χ3n) is 3.80. The van der Waals surface area contributed by atoms with Crippen LogP contribution >= 0.6 is 0 Å². The van der Waals surface area contributed by atoms with Gasteiger partial charge in [0.2, 0.25) is 0 Å². The second-order valence-electron chi connectivity index (χ2n) is 5.03. The number of hydrogen-bond donors (Lipinski definition) is 1. The number of halogens is 1. The molecular formula is C16H15FO. The van der Waals surface area contributed by atoms with E-state index in [1.165, 1.54) is 17.7 Å². The van der Waals surface area contributed by atoms with Crippen LogP contribution in [0.1, 0.15) is 28.7 Å². The molecule has 0 heterocycles. The second kappa shape index (κ2) is 3.92. The lowest BCUT2D eigenvalue weighted by atomic mass is 9.87. The molecule has 1 aliphatic rings. The Morgan fingerprint density at radius 3 is 2.56 bits per heavy atom.